The van der Waals surface area contributed by atoms with Crippen molar-refractivity contribution in [3.63, 3.8) is 0 Å². The van der Waals surface area contributed by atoms with Gasteiger partial charge in [0, 0.05) is 38.6 Å². The van der Waals surface area contributed by atoms with E-state index in [4.69, 9.17) is 0 Å². The summed E-state index contributed by atoms with van der Waals surface area (Å²) in [7, 11) is 1.93. The van der Waals surface area contributed by atoms with Gasteiger partial charge in [-0.1, -0.05) is 35.9 Å². The molecule has 5 nitrogen and oxygen atoms in total. The van der Waals surface area contributed by atoms with Crippen LogP contribution in [0.2, 0.25) is 0 Å². The highest BCUT2D eigenvalue weighted by Crippen LogP contribution is 2.25. The molecule has 1 amide bonds. The van der Waals surface area contributed by atoms with Crippen LogP contribution in [0.25, 0.3) is 0 Å². The number of likely N-dealkylation sites (tertiary alicyclic amines) is 1. The molecule has 1 N–H and O–H groups in total. The maximum atomic E-state index is 13.0. The quantitative estimate of drug-likeness (QED) is 0.866. The smallest absolute Gasteiger partial charge is 0.256 e. The minimum atomic E-state index is -1.32. The van der Waals surface area contributed by atoms with E-state index in [1.54, 1.807) is 11.1 Å². The molecule has 1 aromatic heterocycles. The Hall–Kier alpha value is -2.24. The van der Waals surface area contributed by atoms with Crippen LogP contribution in [-0.2, 0) is 17.9 Å². The Morgan fingerprint density at radius 1 is 1.27 bits per heavy atom. The monoisotopic (exact) mass is 353 g/mol. The number of pyridine rings is 1. The predicted molar refractivity (Wildman–Crippen MR) is 101 cm³/mol. The highest BCUT2D eigenvalue weighted by atomic mass is 16.3. The molecule has 5 heteroatoms. The highest BCUT2D eigenvalue weighted by Gasteiger charge is 2.42. The molecule has 1 saturated heterocycles. The number of nitrogens with zero attached hydrogens (tertiary/aromatic N) is 3. The first kappa shape index (κ1) is 18.5. The van der Waals surface area contributed by atoms with Gasteiger partial charge in [0.25, 0.3) is 5.91 Å². The van der Waals surface area contributed by atoms with Gasteiger partial charge in [0.15, 0.2) is 5.60 Å². The Morgan fingerprint density at radius 2 is 2.08 bits per heavy atom. The van der Waals surface area contributed by atoms with Crippen molar-refractivity contribution in [1.29, 1.82) is 0 Å². The van der Waals surface area contributed by atoms with Gasteiger partial charge in [-0.15, -0.1) is 0 Å². The van der Waals surface area contributed by atoms with Crippen LogP contribution in [0.4, 0.5) is 0 Å². The van der Waals surface area contributed by atoms with Crippen LogP contribution >= 0.6 is 0 Å². The molecule has 0 spiro atoms. The van der Waals surface area contributed by atoms with Gasteiger partial charge in [0.1, 0.15) is 0 Å². The maximum Gasteiger partial charge on any atom is 0.256 e. The summed E-state index contributed by atoms with van der Waals surface area (Å²) in [4.78, 5) is 20.9. The highest BCUT2D eigenvalue weighted by molar-refractivity contribution is 5.86. The number of piperidine rings is 1. The molecule has 26 heavy (non-hydrogen) atoms. The molecule has 1 aromatic carbocycles. The number of carbonyl (C=O) groups is 1. The lowest BCUT2D eigenvalue weighted by Crippen LogP contribution is -2.57. The first-order chi connectivity index (χ1) is 12.5. The minimum Gasteiger partial charge on any atom is -0.379 e. The molecule has 1 atom stereocenters. The molecule has 0 aliphatic carbocycles. The van der Waals surface area contributed by atoms with Gasteiger partial charge in [-0.25, -0.2) is 0 Å². The number of aromatic nitrogens is 1. The van der Waals surface area contributed by atoms with E-state index in [1.807, 2.05) is 55.4 Å². The predicted octanol–water partition coefficient (Wildman–Crippen LogP) is 2.38. The summed E-state index contributed by atoms with van der Waals surface area (Å²) >= 11 is 0. The fraction of sp³-hybridized carbons (Fsp3) is 0.429. The number of aryl methyl sites for hydroxylation is 1. The second-order valence-corrected chi connectivity index (χ2v) is 7.38. The lowest BCUT2D eigenvalue weighted by atomic mass is 9.90. The van der Waals surface area contributed by atoms with E-state index >= 15 is 0 Å². The number of aliphatic hydroxyl groups is 1. The van der Waals surface area contributed by atoms with Gasteiger partial charge in [-0.3, -0.25) is 14.7 Å². The maximum absolute atomic E-state index is 13.0. The topological polar surface area (TPSA) is 56.7 Å². The van der Waals surface area contributed by atoms with E-state index in [0.717, 1.165) is 17.5 Å². The van der Waals surface area contributed by atoms with E-state index in [2.05, 4.69) is 11.1 Å². The van der Waals surface area contributed by atoms with Crippen LogP contribution in [-0.4, -0.2) is 51.5 Å². The van der Waals surface area contributed by atoms with Crippen LogP contribution in [0.3, 0.4) is 0 Å². The zero-order valence-corrected chi connectivity index (χ0v) is 15.6. The van der Waals surface area contributed by atoms with Gasteiger partial charge in [0.05, 0.1) is 0 Å². The normalized spacial score (nSPS) is 20.6. The molecule has 0 saturated carbocycles. The zero-order chi connectivity index (χ0) is 18.6. The summed E-state index contributed by atoms with van der Waals surface area (Å²) < 4.78 is 0. The third kappa shape index (κ3) is 4.48. The molecule has 1 aliphatic rings. The van der Waals surface area contributed by atoms with Gasteiger partial charge in [-0.2, -0.15) is 0 Å². The fourth-order valence-electron chi connectivity index (χ4n) is 3.70. The van der Waals surface area contributed by atoms with E-state index < -0.39 is 5.60 Å². The standard InChI is InChI=1S/C21H27N3O2/c1-17-6-3-7-18(12-17)15-24-11-5-9-21(26,20(24)25)16-23(2)14-19-8-4-10-22-13-19/h3-4,6-8,10,12-13,26H,5,9,11,14-16H2,1-2H3/t21-/m0/s1. The first-order valence-corrected chi connectivity index (χ1v) is 9.11. The average molecular weight is 353 g/mol. The van der Waals surface area contributed by atoms with Crippen molar-refractivity contribution in [2.75, 3.05) is 20.1 Å². The van der Waals surface area contributed by atoms with Gasteiger partial charge >= 0.3 is 0 Å². The summed E-state index contributed by atoms with van der Waals surface area (Å²) in [5.74, 6) is -0.164. The summed E-state index contributed by atoms with van der Waals surface area (Å²) in [6.07, 6.45) is 4.88. The second kappa shape index (κ2) is 7.98. The number of rotatable bonds is 6. The Balaban J connectivity index is 1.65. The fourth-order valence-corrected chi connectivity index (χ4v) is 3.70. The molecule has 1 fully saturated rings. The molecule has 2 heterocycles. The molecule has 0 radical (unpaired) electrons. The number of carbonyl (C=O) groups excluding carboxylic acids is 1. The van der Waals surface area contributed by atoms with Crippen LogP contribution in [0.1, 0.15) is 29.5 Å². The lowest BCUT2D eigenvalue weighted by Gasteiger charge is -2.40. The largest absolute Gasteiger partial charge is 0.379 e. The van der Waals surface area contributed by atoms with Crippen molar-refractivity contribution in [3.05, 3.63) is 65.5 Å². The SMILES string of the molecule is Cc1cccc(CN2CCC[C@](O)(CN(C)Cc3cccnc3)C2=O)c1. The summed E-state index contributed by atoms with van der Waals surface area (Å²) in [5.41, 5.74) is 2.03. The second-order valence-electron chi connectivity index (χ2n) is 7.38. The van der Waals surface area contributed by atoms with Crippen molar-refractivity contribution < 1.29 is 9.90 Å². The molecule has 1 aliphatic heterocycles. The Bertz CT molecular complexity index is 750. The molecular weight excluding hydrogens is 326 g/mol. The summed E-state index contributed by atoms with van der Waals surface area (Å²) in [5, 5.41) is 11.0. The summed E-state index contributed by atoms with van der Waals surface area (Å²) in [6.45, 7) is 4.27. The molecule has 0 bridgehead atoms. The van der Waals surface area contributed by atoms with Crippen LogP contribution in [0, 0.1) is 6.92 Å². The van der Waals surface area contributed by atoms with E-state index in [-0.39, 0.29) is 5.91 Å². The number of hydrogen-bond acceptors (Lipinski definition) is 4. The Labute approximate surface area is 155 Å². The van der Waals surface area contributed by atoms with Crippen LogP contribution in [0.5, 0.6) is 0 Å². The van der Waals surface area contributed by atoms with E-state index in [9.17, 15) is 9.90 Å². The van der Waals surface area contributed by atoms with Gasteiger partial charge in [-0.05, 0) is 44.0 Å². The number of amides is 1. The third-order valence-electron chi connectivity index (χ3n) is 4.87. The summed E-state index contributed by atoms with van der Waals surface area (Å²) in [6, 6.07) is 12.1. The first-order valence-electron chi connectivity index (χ1n) is 9.11. The van der Waals surface area contributed by atoms with Gasteiger partial charge < -0.3 is 10.0 Å². The molecule has 2 aromatic rings. The molecule has 3 rings (SSSR count). The zero-order valence-electron chi connectivity index (χ0n) is 15.6. The van der Waals surface area contributed by atoms with Crippen LogP contribution < -0.4 is 0 Å². The van der Waals surface area contributed by atoms with Crippen molar-refractivity contribution in [3.8, 4) is 0 Å². The Kier molecular flexibility index (Phi) is 5.69. The van der Waals surface area contributed by atoms with Crippen molar-refractivity contribution in [1.82, 2.24) is 14.8 Å². The molecular formula is C21H27N3O2. The van der Waals surface area contributed by atoms with Gasteiger partial charge in [0.2, 0.25) is 0 Å². The average Bonchev–Trinajstić information content (AvgIpc) is 2.60. The van der Waals surface area contributed by atoms with Crippen molar-refractivity contribution in [2.24, 2.45) is 0 Å². The Morgan fingerprint density at radius 3 is 2.81 bits per heavy atom. The van der Waals surface area contributed by atoms with E-state index in [1.165, 1.54) is 5.56 Å². The minimum absolute atomic E-state index is 0.164. The number of hydrogen-bond donors (Lipinski definition) is 1. The van der Waals surface area contributed by atoms with Crippen molar-refractivity contribution >= 4 is 5.91 Å². The number of likely N-dealkylation sites (N-methyl/N-ethyl adjacent to an activating group) is 1. The van der Waals surface area contributed by atoms with Crippen molar-refractivity contribution in [2.45, 2.75) is 38.5 Å². The third-order valence-corrected chi connectivity index (χ3v) is 4.87. The lowest BCUT2D eigenvalue weighted by molar-refractivity contribution is -0.160. The number of benzene rings is 1. The molecule has 138 valence electrons. The van der Waals surface area contributed by atoms with E-state index in [0.29, 0.717) is 32.6 Å². The molecule has 0 unspecified atom stereocenters. The van der Waals surface area contributed by atoms with Crippen LogP contribution in [0.15, 0.2) is 48.8 Å².